The number of nitro groups is 1. The van der Waals surface area contributed by atoms with Crippen LogP contribution in [0.3, 0.4) is 0 Å². The van der Waals surface area contributed by atoms with Crippen LogP contribution in [0.5, 0.6) is 11.5 Å². The van der Waals surface area contributed by atoms with Crippen molar-refractivity contribution in [1.82, 2.24) is 0 Å². The van der Waals surface area contributed by atoms with Crippen LogP contribution < -0.4 is 9.47 Å². The highest BCUT2D eigenvalue weighted by atomic mass is 16.6. The number of fused-ring (bicyclic) bond motifs is 1. The van der Waals surface area contributed by atoms with Gasteiger partial charge in [-0.05, 0) is 6.07 Å². The van der Waals surface area contributed by atoms with Gasteiger partial charge in [0.05, 0.1) is 77.1 Å². The quantitative estimate of drug-likeness (QED) is 0.510. The summed E-state index contributed by atoms with van der Waals surface area (Å²) in [6.07, 6.45) is 0. The van der Waals surface area contributed by atoms with E-state index < -0.39 is 4.92 Å². The summed E-state index contributed by atoms with van der Waals surface area (Å²) >= 11 is 0. The molecular weight excluding hydrogens is 374 g/mol. The molecule has 0 saturated carbocycles. The van der Waals surface area contributed by atoms with Crippen LogP contribution in [0.25, 0.3) is 0 Å². The van der Waals surface area contributed by atoms with E-state index in [1.54, 1.807) is 0 Å². The van der Waals surface area contributed by atoms with Crippen molar-refractivity contribution in [1.29, 1.82) is 0 Å². The van der Waals surface area contributed by atoms with Crippen LogP contribution in [0.2, 0.25) is 0 Å². The summed E-state index contributed by atoms with van der Waals surface area (Å²) in [5.41, 5.74) is -0.0715. The molecule has 1 aliphatic rings. The minimum atomic E-state index is -0.482. The largest absolute Gasteiger partial charge is 0.487 e. The highest BCUT2D eigenvalue weighted by Crippen LogP contribution is 2.31. The Balaban J connectivity index is 1.86. The summed E-state index contributed by atoms with van der Waals surface area (Å²) in [4.78, 5) is 10.5. The lowest BCUT2D eigenvalue weighted by Gasteiger charge is -2.13. The monoisotopic (exact) mass is 401 g/mol. The predicted octanol–water partition coefficient (Wildman–Crippen LogP) is 1.45. The van der Waals surface area contributed by atoms with E-state index in [1.807, 2.05) is 0 Å². The zero-order valence-corrected chi connectivity index (χ0v) is 15.8. The lowest BCUT2D eigenvalue weighted by Crippen LogP contribution is -2.14. The summed E-state index contributed by atoms with van der Waals surface area (Å²) in [5, 5.41) is 11.0. The van der Waals surface area contributed by atoms with E-state index in [0.717, 1.165) is 0 Å². The van der Waals surface area contributed by atoms with Gasteiger partial charge < -0.3 is 33.2 Å². The fourth-order valence-corrected chi connectivity index (χ4v) is 2.25. The van der Waals surface area contributed by atoms with Crippen molar-refractivity contribution in [2.75, 3.05) is 79.3 Å². The highest BCUT2D eigenvalue weighted by molar-refractivity contribution is 5.48. The van der Waals surface area contributed by atoms with Crippen molar-refractivity contribution >= 4 is 5.69 Å². The van der Waals surface area contributed by atoms with Crippen molar-refractivity contribution < 1.29 is 38.1 Å². The summed E-state index contributed by atoms with van der Waals surface area (Å²) in [6, 6.07) is 4.22. The van der Waals surface area contributed by atoms with Gasteiger partial charge in [-0.2, -0.15) is 0 Å². The van der Waals surface area contributed by atoms with Crippen LogP contribution in [0.15, 0.2) is 18.2 Å². The summed E-state index contributed by atoms with van der Waals surface area (Å²) < 4.78 is 38.2. The van der Waals surface area contributed by atoms with Gasteiger partial charge in [-0.3, -0.25) is 10.1 Å². The first-order valence-corrected chi connectivity index (χ1v) is 9.20. The number of rotatable bonds is 1. The van der Waals surface area contributed by atoms with Gasteiger partial charge in [0.15, 0.2) is 11.5 Å². The molecule has 1 aromatic rings. The van der Waals surface area contributed by atoms with Crippen LogP contribution in [0, 0.1) is 10.1 Å². The maximum absolute atomic E-state index is 11.0. The zero-order chi connectivity index (χ0) is 19.9. The Morgan fingerprint density at radius 2 is 1.00 bits per heavy atom. The van der Waals surface area contributed by atoms with E-state index in [2.05, 4.69) is 0 Å². The first-order chi connectivity index (χ1) is 13.8. The standard InChI is InChI=1S/C18H27NO9/c20-19(21)16-1-2-17-18(15-16)28-14-12-26-10-8-24-6-4-22-3-5-23-7-9-25-11-13-27-17/h1-2,15H,3-14H2. The van der Waals surface area contributed by atoms with Crippen molar-refractivity contribution in [2.24, 2.45) is 0 Å². The molecule has 10 nitrogen and oxygen atoms in total. The number of hydrogen-bond acceptors (Lipinski definition) is 9. The molecule has 28 heavy (non-hydrogen) atoms. The Morgan fingerprint density at radius 1 is 0.607 bits per heavy atom. The molecule has 0 atom stereocenters. The number of nitro benzene ring substituents is 1. The number of benzene rings is 1. The molecular formula is C18H27NO9. The van der Waals surface area contributed by atoms with Gasteiger partial charge in [0.25, 0.3) is 5.69 Å². The molecule has 0 radical (unpaired) electrons. The first kappa shape index (κ1) is 22.3. The Labute approximate surface area is 163 Å². The normalized spacial score (nSPS) is 19.3. The average molecular weight is 401 g/mol. The third-order valence-electron chi connectivity index (χ3n) is 3.60. The number of nitrogens with zero attached hydrogens (tertiary/aromatic N) is 1. The third-order valence-corrected chi connectivity index (χ3v) is 3.60. The van der Waals surface area contributed by atoms with E-state index in [-0.39, 0.29) is 18.9 Å². The Bertz CT molecular complexity index is 570. The molecule has 0 amide bonds. The molecule has 0 fully saturated rings. The van der Waals surface area contributed by atoms with Gasteiger partial charge >= 0.3 is 0 Å². The van der Waals surface area contributed by atoms with E-state index in [0.29, 0.717) is 77.6 Å². The summed E-state index contributed by atoms with van der Waals surface area (Å²) in [5.74, 6) is 0.706. The van der Waals surface area contributed by atoms with Crippen molar-refractivity contribution in [3.05, 3.63) is 28.3 Å². The van der Waals surface area contributed by atoms with Gasteiger partial charge in [0, 0.05) is 6.07 Å². The molecule has 158 valence electrons. The lowest BCUT2D eigenvalue weighted by molar-refractivity contribution is -0.385. The number of non-ortho nitro benzene ring substituents is 1. The van der Waals surface area contributed by atoms with E-state index in [4.69, 9.17) is 33.2 Å². The second-order valence-corrected chi connectivity index (χ2v) is 5.65. The van der Waals surface area contributed by atoms with Gasteiger partial charge in [-0.25, -0.2) is 0 Å². The second kappa shape index (κ2) is 14.1. The highest BCUT2D eigenvalue weighted by Gasteiger charge is 2.13. The lowest BCUT2D eigenvalue weighted by atomic mass is 10.3. The number of hydrogen-bond donors (Lipinski definition) is 0. The topological polar surface area (TPSA) is 108 Å². The van der Waals surface area contributed by atoms with E-state index in [9.17, 15) is 10.1 Å². The molecule has 10 heteroatoms. The second-order valence-electron chi connectivity index (χ2n) is 5.65. The SMILES string of the molecule is O=[N+]([O-])c1ccc2c(c1)OCCOCCOCCOCCOCCOCCO2. The Hall–Kier alpha value is -1.98. The number of ether oxygens (including phenoxy) is 7. The first-order valence-electron chi connectivity index (χ1n) is 9.20. The molecule has 1 aliphatic heterocycles. The Kier molecular flexibility index (Phi) is 11.2. The Morgan fingerprint density at radius 3 is 1.43 bits per heavy atom. The van der Waals surface area contributed by atoms with Crippen molar-refractivity contribution in [3.63, 3.8) is 0 Å². The van der Waals surface area contributed by atoms with Gasteiger partial charge in [0.2, 0.25) is 0 Å². The van der Waals surface area contributed by atoms with Gasteiger partial charge in [-0.15, -0.1) is 0 Å². The summed E-state index contributed by atoms with van der Waals surface area (Å²) in [7, 11) is 0. The van der Waals surface area contributed by atoms with Crippen LogP contribution in [-0.4, -0.2) is 84.2 Å². The molecule has 1 aromatic carbocycles. The minimum Gasteiger partial charge on any atom is -0.487 e. The smallest absolute Gasteiger partial charge is 0.273 e. The molecule has 0 N–H and O–H groups in total. The van der Waals surface area contributed by atoms with Crippen LogP contribution in [-0.2, 0) is 23.7 Å². The van der Waals surface area contributed by atoms with Crippen molar-refractivity contribution in [3.8, 4) is 11.5 Å². The van der Waals surface area contributed by atoms with Crippen LogP contribution in [0.4, 0.5) is 5.69 Å². The van der Waals surface area contributed by atoms with Crippen molar-refractivity contribution in [2.45, 2.75) is 0 Å². The molecule has 0 saturated heterocycles. The fourth-order valence-electron chi connectivity index (χ4n) is 2.25. The van der Waals surface area contributed by atoms with Gasteiger partial charge in [0.1, 0.15) is 13.2 Å². The zero-order valence-electron chi connectivity index (χ0n) is 15.8. The average Bonchev–Trinajstić information content (AvgIpc) is 2.69. The minimum absolute atomic E-state index is 0.0715. The molecule has 0 unspecified atom stereocenters. The fraction of sp³-hybridized carbons (Fsp3) is 0.667. The molecule has 0 aromatic heterocycles. The maximum Gasteiger partial charge on any atom is 0.273 e. The molecule has 0 bridgehead atoms. The molecule has 2 rings (SSSR count). The van der Waals surface area contributed by atoms with E-state index >= 15 is 0 Å². The van der Waals surface area contributed by atoms with Gasteiger partial charge in [-0.1, -0.05) is 0 Å². The molecule has 0 spiro atoms. The molecule has 1 heterocycles. The third kappa shape index (κ3) is 9.29. The van der Waals surface area contributed by atoms with Crippen LogP contribution in [0.1, 0.15) is 0 Å². The predicted molar refractivity (Wildman–Crippen MR) is 98.2 cm³/mol. The molecule has 0 aliphatic carbocycles. The van der Waals surface area contributed by atoms with E-state index in [1.165, 1.54) is 18.2 Å². The summed E-state index contributed by atoms with van der Waals surface area (Å²) in [6.45, 7) is 4.93. The van der Waals surface area contributed by atoms with Crippen LogP contribution >= 0.6 is 0 Å². The maximum atomic E-state index is 11.0.